The number of hydrogen-bond acceptors (Lipinski definition) is 3. The summed E-state index contributed by atoms with van der Waals surface area (Å²) >= 11 is 0. The van der Waals surface area contributed by atoms with E-state index in [0.29, 0.717) is 0 Å². The molecule has 0 aliphatic carbocycles. The van der Waals surface area contributed by atoms with Gasteiger partial charge in [-0.3, -0.25) is 4.79 Å². The molecule has 1 fully saturated rings. The maximum Gasteiger partial charge on any atom is 0.254 e. The molecule has 1 unspecified atom stereocenters. The molecule has 1 aliphatic rings. The van der Waals surface area contributed by atoms with Crippen LogP contribution in [-0.2, 0) is 9.53 Å². The molecule has 1 amide bonds. The van der Waals surface area contributed by atoms with Crippen LogP contribution in [0.5, 0.6) is 0 Å². The lowest BCUT2D eigenvalue weighted by Gasteiger charge is -2.34. The number of carbonyl (C=O) groups is 1. The second-order valence-electron chi connectivity index (χ2n) is 5.18. The van der Waals surface area contributed by atoms with Crippen LogP contribution < -0.4 is 0 Å². The second-order valence-corrected chi connectivity index (χ2v) is 5.18. The van der Waals surface area contributed by atoms with Crippen molar-refractivity contribution in [2.24, 2.45) is 0 Å². The Morgan fingerprint density at radius 1 is 1.38 bits per heavy atom. The van der Waals surface area contributed by atoms with E-state index in [0.717, 1.165) is 26.1 Å². The smallest absolute Gasteiger partial charge is 0.254 e. The zero-order valence-corrected chi connectivity index (χ0v) is 11.1. The van der Waals surface area contributed by atoms with Crippen LogP contribution in [0.25, 0.3) is 0 Å². The predicted octanol–water partition coefficient (Wildman–Crippen LogP) is 0.964. The van der Waals surface area contributed by atoms with Crippen molar-refractivity contribution in [3.05, 3.63) is 0 Å². The second kappa shape index (κ2) is 5.15. The SMILES string of the molecule is COC(C)(C)C(=O)N1CCCN(C)CC1C. The van der Waals surface area contributed by atoms with Crippen LogP contribution in [0.15, 0.2) is 0 Å². The Hall–Kier alpha value is -0.610. The van der Waals surface area contributed by atoms with Crippen LogP contribution in [0.3, 0.4) is 0 Å². The van der Waals surface area contributed by atoms with Crippen molar-refractivity contribution in [1.29, 1.82) is 0 Å². The molecule has 0 saturated carbocycles. The Kier molecular flexibility index (Phi) is 4.33. The molecule has 1 heterocycles. The van der Waals surface area contributed by atoms with Crippen molar-refractivity contribution in [1.82, 2.24) is 9.80 Å². The Morgan fingerprint density at radius 2 is 2.00 bits per heavy atom. The maximum absolute atomic E-state index is 12.3. The number of methoxy groups -OCH3 is 1. The summed E-state index contributed by atoms with van der Waals surface area (Å²) in [6.07, 6.45) is 1.03. The first-order valence-corrected chi connectivity index (χ1v) is 5.93. The average molecular weight is 228 g/mol. The third-order valence-corrected chi connectivity index (χ3v) is 3.33. The van der Waals surface area contributed by atoms with E-state index in [1.54, 1.807) is 7.11 Å². The monoisotopic (exact) mass is 228 g/mol. The van der Waals surface area contributed by atoms with E-state index < -0.39 is 5.60 Å². The molecule has 0 aromatic heterocycles. The third-order valence-electron chi connectivity index (χ3n) is 3.33. The third kappa shape index (κ3) is 2.95. The van der Waals surface area contributed by atoms with E-state index in [4.69, 9.17) is 4.74 Å². The summed E-state index contributed by atoms with van der Waals surface area (Å²) in [5.74, 6) is 0.0952. The summed E-state index contributed by atoms with van der Waals surface area (Å²) < 4.78 is 5.26. The predicted molar refractivity (Wildman–Crippen MR) is 64.4 cm³/mol. The van der Waals surface area contributed by atoms with E-state index >= 15 is 0 Å². The fraction of sp³-hybridized carbons (Fsp3) is 0.917. The first kappa shape index (κ1) is 13.5. The molecule has 1 aliphatic heterocycles. The quantitative estimate of drug-likeness (QED) is 0.706. The van der Waals surface area contributed by atoms with Crippen LogP contribution in [0.1, 0.15) is 27.2 Å². The molecule has 0 spiro atoms. The van der Waals surface area contributed by atoms with Gasteiger partial charge in [0.05, 0.1) is 0 Å². The summed E-state index contributed by atoms with van der Waals surface area (Å²) in [5, 5.41) is 0. The van der Waals surface area contributed by atoms with Crippen molar-refractivity contribution >= 4 is 5.91 Å². The molecule has 1 saturated heterocycles. The minimum atomic E-state index is -0.711. The Morgan fingerprint density at radius 3 is 2.56 bits per heavy atom. The van der Waals surface area contributed by atoms with Gasteiger partial charge in [-0.15, -0.1) is 0 Å². The van der Waals surface area contributed by atoms with Crippen LogP contribution in [0, 0.1) is 0 Å². The van der Waals surface area contributed by atoms with Gasteiger partial charge >= 0.3 is 0 Å². The van der Waals surface area contributed by atoms with Gasteiger partial charge in [0.2, 0.25) is 0 Å². The topological polar surface area (TPSA) is 32.8 Å². The molecule has 0 bridgehead atoms. The molecule has 0 aromatic carbocycles. The van der Waals surface area contributed by atoms with E-state index in [1.165, 1.54) is 0 Å². The van der Waals surface area contributed by atoms with E-state index in [1.807, 2.05) is 18.7 Å². The van der Waals surface area contributed by atoms with Gasteiger partial charge < -0.3 is 14.5 Å². The van der Waals surface area contributed by atoms with E-state index in [9.17, 15) is 4.79 Å². The van der Waals surface area contributed by atoms with Crippen LogP contribution in [-0.4, -0.2) is 61.1 Å². The van der Waals surface area contributed by atoms with Crippen molar-refractivity contribution in [2.75, 3.05) is 33.8 Å². The number of carbonyl (C=O) groups excluding carboxylic acids is 1. The van der Waals surface area contributed by atoms with Crippen molar-refractivity contribution < 1.29 is 9.53 Å². The Labute approximate surface area is 98.5 Å². The Balaban J connectivity index is 2.74. The van der Waals surface area contributed by atoms with Gasteiger partial charge in [-0.05, 0) is 40.8 Å². The van der Waals surface area contributed by atoms with Crippen LogP contribution in [0.2, 0.25) is 0 Å². The summed E-state index contributed by atoms with van der Waals surface area (Å²) in [7, 11) is 3.69. The summed E-state index contributed by atoms with van der Waals surface area (Å²) in [4.78, 5) is 16.5. The van der Waals surface area contributed by atoms with Gasteiger partial charge in [0.25, 0.3) is 5.91 Å². The Bertz CT molecular complexity index is 253. The largest absolute Gasteiger partial charge is 0.369 e. The molecule has 16 heavy (non-hydrogen) atoms. The lowest BCUT2D eigenvalue weighted by molar-refractivity contribution is -0.153. The summed E-state index contributed by atoms with van der Waals surface area (Å²) in [6, 6.07) is 0.259. The molecule has 0 radical (unpaired) electrons. The molecule has 94 valence electrons. The van der Waals surface area contributed by atoms with Gasteiger partial charge in [0.15, 0.2) is 0 Å². The molecule has 4 heteroatoms. The average Bonchev–Trinajstić information content (AvgIpc) is 2.38. The molecule has 1 rings (SSSR count). The number of nitrogens with zero attached hydrogens (tertiary/aromatic N) is 2. The first-order chi connectivity index (χ1) is 7.38. The lowest BCUT2D eigenvalue weighted by Crippen LogP contribution is -2.51. The van der Waals surface area contributed by atoms with Crippen LogP contribution in [0.4, 0.5) is 0 Å². The zero-order chi connectivity index (χ0) is 12.3. The number of amides is 1. The van der Waals surface area contributed by atoms with Gasteiger partial charge in [-0.1, -0.05) is 0 Å². The zero-order valence-electron chi connectivity index (χ0n) is 11.1. The van der Waals surface area contributed by atoms with Gasteiger partial charge in [0.1, 0.15) is 5.60 Å². The van der Waals surface area contributed by atoms with E-state index in [2.05, 4.69) is 18.9 Å². The van der Waals surface area contributed by atoms with Crippen molar-refractivity contribution in [3.8, 4) is 0 Å². The van der Waals surface area contributed by atoms with Gasteiger partial charge in [-0.2, -0.15) is 0 Å². The molecular weight excluding hydrogens is 204 g/mol. The molecule has 0 aromatic rings. The highest BCUT2D eigenvalue weighted by atomic mass is 16.5. The molecule has 0 N–H and O–H groups in total. The van der Waals surface area contributed by atoms with Gasteiger partial charge in [0, 0.05) is 26.2 Å². The minimum Gasteiger partial charge on any atom is -0.369 e. The summed E-state index contributed by atoms with van der Waals surface area (Å²) in [6.45, 7) is 8.59. The molecule has 4 nitrogen and oxygen atoms in total. The number of ether oxygens (including phenoxy) is 1. The molecule has 1 atom stereocenters. The van der Waals surface area contributed by atoms with Crippen LogP contribution >= 0.6 is 0 Å². The van der Waals surface area contributed by atoms with Gasteiger partial charge in [-0.25, -0.2) is 0 Å². The van der Waals surface area contributed by atoms with E-state index in [-0.39, 0.29) is 11.9 Å². The highest BCUT2D eigenvalue weighted by molar-refractivity contribution is 5.84. The minimum absolute atomic E-state index is 0.0952. The highest BCUT2D eigenvalue weighted by Gasteiger charge is 2.35. The fourth-order valence-electron chi connectivity index (χ4n) is 2.11. The fourth-order valence-corrected chi connectivity index (χ4v) is 2.11. The highest BCUT2D eigenvalue weighted by Crippen LogP contribution is 2.17. The number of likely N-dealkylation sites (N-methyl/N-ethyl adjacent to an activating group) is 1. The number of hydrogen-bond donors (Lipinski definition) is 0. The first-order valence-electron chi connectivity index (χ1n) is 5.93. The molecular formula is C12H24N2O2. The van der Waals surface area contributed by atoms with Crippen molar-refractivity contribution in [2.45, 2.75) is 38.8 Å². The summed E-state index contributed by atoms with van der Waals surface area (Å²) in [5.41, 5.74) is -0.711. The normalized spacial score (nSPS) is 24.3. The lowest BCUT2D eigenvalue weighted by atomic mass is 10.1. The standard InChI is InChI=1S/C12H24N2O2/c1-10-9-13(4)7-6-8-14(10)11(15)12(2,3)16-5/h10H,6-9H2,1-5H3. The number of rotatable bonds is 2. The van der Waals surface area contributed by atoms with Crippen molar-refractivity contribution in [3.63, 3.8) is 0 Å². The maximum atomic E-state index is 12.3.